The molecule has 1 unspecified atom stereocenters. The monoisotopic (exact) mass is 261 g/mol. The maximum absolute atomic E-state index is 12.1. The van der Waals surface area contributed by atoms with Gasteiger partial charge < -0.3 is 0 Å². The molecule has 0 radical (unpaired) electrons. The van der Waals surface area contributed by atoms with Gasteiger partial charge in [-0.3, -0.25) is 9.63 Å². The Kier molecular flexibility index (Phi) is 4.38. The Morgan fingerprint density at radius 3 is 2.79 bits per heavy atom. The van der Waals surface area contributed by atoms with Crippen LogP contribution in [0.1, 0.15) is 57.3 Å². The van der Waals surface area contributed by atoms with Crippen molar-refractivity contribution >= 4 is 5.78 Å². The Morgan fingerprint density at radius 1 is 1.32 bits per heavy atom. The number of carbonyl (C=O) groups is 1. The first kappa shape index (κ1) is 14.2. The molecule has 0 aliphatic heterocycles. The van der Waals surface area contributed by atoms with Crippen molar-refractivity contribution in [3.05, 3.63) is 35.4 Å². The summed E-state index contributed by atoms with van der Waals surface area (Å²) in [7, 11) is 0. The number of Topliss-reactive ketones (excluding diaryl/α,β-unsaturated/α-hetero) is 1. The summed E-state index contributed by atoms with van der Waals surface area (Å²) in [4.78, 5) is 17.8. The van der Waals surface area contributed by atoms with E-state index in [2.05, 4.69) is 32.3 Å². The molecule has 0 saturated carbocycles. The number of fused-ring (bicyclic) bond motifs is 1. The number of aryl methyl sites for hydroxylation is 1. The predicted octanol–water partition coefficient (Wildman–Crippen LogP) is 3.34. The van der Waals surface area contributed by atoms with Crippen LogP contribution >= 0.6 is 0 Å². The third kappa shape index (κ3) is 3.43. The molecule has 3 heteroatoms. The number of hydrogen-bond donors (Lipinski definition) is 1. The number of ketones is 1. The van der Waals surface area contributed by atoms with Crippen LogP contribution in [-0.2, 0) is 16.1 Å². The van der Waals surface area contributed by atoms with Crippen LogP contribution in [0.3, 0.4) is 0 Å². The maximum Gasteiger partial charge on any atom is 0.168 e. The highest BCUT2D eigenvalue weighted by Gasteiger charge is 2.30. The van der Waals surface area contributed by atoms with Crippen LogP contribution < -0.4 is 5.48 Å². The molecule has 1 N–H and O–H groups in total. The zero-order valence-corrected chi connectivity index (χ0v) is 12.0. The first-order valence-corrected chi connectivity index (χ1v) is 7.07. The summed E-state index contributed by atoms with van der Waals surface area (Å²) in [6.07, 6.45) is 3.03. The maximum atomic E-state index is 12.1. The van der Waals surface area contributed by atoms with Crippen LogP contribution in [0.25, 0.3) is 0 Å². The van der Waals surface area contributed by atoms with Crippen molar-refractivity contribution in [3.63, 3.8) is 0 Å². The minimum absolute atomic E-state index is 0.110. The van der Waals surface area contributed by atoms with Crippen LogP contribution in [0.15, 0.2) is 24.3 Å². The van der Waals surface area contributed by atoms with E-state index in [9.17, 15) is 4.79 Å². The second kappa shape index (κ2) is 5.85. The number of nitrogens with one attached hydrogen (secondary N) is 1. The summed E-state index contributed by atoms with van der Waals surface area (Å²) in [6.45, 7) is 6.33. The van der Waals surface area contributed by atoms with E-state index in [1.54, 1.807) is 0 Å². The van der Waals surface area contributed by atoms with Crippen molar-refractivity contribution in [2.45, 2.75) is 58.1 Å². The molecule has 3 nitrogen and oxygen atoms in total. The molecular weight excluding hydrogens is 238 g/mol. The Morgan fingerprint density at radius 2 is 2.05 bits per heavy atom. The van der Waals surface area contributed by atoms with E-state index in [1.165, 1.54) is 5.56 Å². The summed E-state index contributed by atoms with van der Waals surface area (Å²) in [5.74, 6) is 0.165. The Hall–Kier alpha value is -1.19. The van der Waals surface area contributed by atoms with E-state index in [-0.39, 0.29) is 11.3 Å². The summed E-state index contributed by atoms with van der Waals surface area (Å²) >= 11 is 0. The highest BCUT2D eigenvalue weighted by molar-refractivity contribution is 5.86. The molecule has 1 aliphatic rings. The van der Waals surface area contributed by atoms with Gasteiger partial charge in [0, 0.05) is 12.0 Å². The molecular formula is C16H23NO2. The average molecular weight is 261 g/mol. The second-order valence-electron chi connectivity index (χ2n) is 5.90. The largest absolute Gasteiger partial charge is 0.296 e. The standard InChI is InChI=1S/C16H23NO2/c1-4-11-16(2,3)17-19-15-13-8-6-5-7-12(13)9-10-14(15)18/h5-8,15,17H,4,9-11H2,1-3H3. The molecule has 1 atom stereocenters. The van der Waals surface area contributed by atoms with Gasteiger partial charge in [0.2, 0.25) is 0 Å². The SMILES string of the molecule is CCCC(C)(C)NOC1C(=O)CCc2ccccc21. The molecule has 0 amide bonds. The molecule has 0 bridgehead atoms. The highest BCUT2D eigenvalue weighted by Crippen LogP contribution is 2.29. The van der Waals surface area contributed by atoms with Crippen molar-refractivity contribution in [2.24, 2.45) is 0 Å². The molecule has 0 heterocycles. The van der Waals surface area contributed by atoms with Gasteiger partial charge in [-0.15, -0.1) is 0 Å². The second-order valence-corrected chi connectivity index (χ2v) is 5.90. The fraction of sp³-hybridized carbons (Fsp3) is 0.562. The van der Waals surface area contributed by atoms with E-state index in [0.717, 1.165) is 24.8 Å². The van der Waals surface area contributed by atoms with Gasteiger partial charge >= 0.3 is 0 Å². The van der Waals surface area contributed by atoms with Crippen LogP contribution in [0.4, 0.5) is 0 Å². The van der Waals surface area contributed by atoms with Gasteiger partial charge in [-0.25, -0.2) is 0 Å². The van der Waals surface area contributed by atoms with E-state index in [1.807, 2.05) is 18.2 Å². The van der Waals surface area contributed by atoms with E-state index in [0.29, 0.717) is 6.42 Å². The molecule has 1 aromatic carbocycles. The zero-order valence-electron chi connectivity index (χ0n) is 12.0. The smallest absolute Gasteiger partial charge is 0.168 e. The topological polar surface area (TPSA) is 38.3 Å². The van der Waals surface area contributed by atoms with Gasteiger partial charge in [0.1, 0.15) is 0 Å². The lowest BCUT2D eigenvalue weighted by Crippen LogP contribution is -2.41. The molecule has 0 saturated heterocycles. The molecule has 0 aromatic heterocycles. The third-order valence-corrected chi connectivity index (χ3v) is 3.60. The lowest BCUT2D eigenvalue weighted by molar-refractivity contribution is -0.142. The molecule has 2 rings (SSSR count). The predicted molar refractivity (Wildman–Crippen MR) is 75.7 cm³/mol. The first-order chi connectivity index (χ1) is 9.03. The van der Waals surface area contributed by atoms with Crippen molar-refractivity contribution in [3.8, 4) is 0 Å². The summed E-state index contributed by atoms with van der Waals surface area (Å²) in [5, 5.41) is 0. The van der Waals surface area contributed by atoms with Crippen LogP contribution in [0.5, 0.6) is 0 Å². The van der Waals surface area contributed by atoms with Crippen molar-refractivity contribution in [1.29, 1.82) is 0 Å². The van der Waals surface area contributed by atoms with Gasteiger partial charge in [0.05, 0.1) is 0 Å². The third-order valence-electron chi connectivity index (χ3n) is 3.60. The minimum atomic E-state index is -0.457. The quantitative estimate of drug-likeness (QED) is 0.826. The molecule has 19 heavy (non-hydrogen) atoms. The number of carbonyl (C=O) groups excluding carboxylic acids is 1. The van der Waals surface area contributed by atoms with E-state index >= 15 is 0 Å². The van der Waals surface area contributed by atoms with E-state index < -0.39 is 6.10 Å². The van der Waals surface area contributed by atoms with Gasteiger partial charge in [0.15, 0.2) is 11.9 Å². The zero-order chi connectivity index (χ0) is 13.9. The number of hydroxylamine groups is 1. The van der Waals surface area contributed by atoms with Crippen LogP contribution in [-0.4, -0.2) is 11.3 Å². The fourth-order valence-electron chi connectivity index (χ4n) is 2.60. The lowest BCUT2D eigenvalue weighted by Gasteiger charge is -2.30. The van der Waals surface area contributed by atoms with Gasteiger partial charge in [-0.1, -0.05) is 37.6 Å². The molecule has 0 spiro atoms. The summed E-state index contributed by atoms with van der Waals surface area (Å²) in [6, 6.07) is 8.05. The van der Waals surface area contributed by atoms with Gasteiger partial charge in [0.25, 0.3) is 0 Å². The Labute approximate surface area is 115 Å². The number of benzene rings is 1. The van der Waals surface area contributed by atoms with Crippen molar-refractivity contribution in [2.75, 3.05) is 0 Å². The highest BCUT2D eigenvalue weighted by atomic mass is 16.7. The first-order valence-electron chi connectivity index (χ1n) is 7.07. The number of rotatable bonds is 5. The molecule has 104 valence electrons. The minimum Gasteiger partial charge on any atom is -0.296 e. The van der Waals surface area contributed by atoms with Crippen LogP contribution in [0.2, 0.25) is 0 Å². The van der Waals surface area contributed by atoms with E-state index in [4.69, 9.17) is 4.84 Å². The van der Waals surface area contributed by atoms with Crippen LogP contribution in [0, 0.1) is 0 Å². The Balaban J connectivity index is 2.09. The van der Waals surface area contributed by atoms with Crippen molar-refractivity contribution in [1.82, 2.24) is 5.48 Å². The lowest BCUT2D eigenvalue weighted by atomic mass is 9.88. The van der Waals surface area contributed by atoms with Gasteiger partial charge in [-0.05, 0) is 37.8 Å². The summed E-state index contributed by atoms with van der Waals surface area (Å²) < 4.78 is 0. The molecule has 1 aromatic rings. The number of hydrogen-bond acceptors (Lipinski definition) is 3. The summed E-state index contributed by atoms with van der Waals surface area (Å²) in [5.41, 5.74) is 5.21. The molecule has 0 fully saturated rings. The van der Waals surface area contributed by atoms with Gasteiger partial charge in [-0.2, -0.15) is 5.48 Å². The fourth-order valence-corrected chi connectivity index (χ4v) is 2.60. The van der Waals surface area contributed by atoms with Crippen molar-refractivity contribution < 1.29 is 9.63 Å². The average Bonchev–Trinajstić information content (AvgIpc) is 2.37. The normalized spacial score (nSPS) is 19.3. The Bertz CT molecular complexity index is 454. The molecule has 1 aliphatic carbocycles.